The van der Waals surface area contributed by atoms with Crippen LogP contribution < -0.4 is 5.73 Å². The number of hydrogen-bond donors (Lipinski definition) is 1. The molecule has 4 nitrogen and oxygen atoms in total. The Morgan fingerprint density at radius 2 is 2.36 bits per heavy atom. The second-order valence-electron chi connectivity index (χ2n) is 3.96. The quantitative estimate of drug-likeness (QED) is 0.627. The fraction of sp³-hybridized carbons (Fsp3) is 0.700. The molecule has 2 aliphatic rings. The Balaban J connectivity index is 2.05. The van der Waals surface area contributed by atoms with Gasteiger partial charge >= 0.3 is 0 Å². The summed E-state index contributed by atoms with van der Waals surface area (Å²) in [5.74, 6) is -0.0292. The van der Waals surface area contributed by atoms with Gasteiger partial charge in [-0.15, -0.1) is 0 Å². The molecule has 2 aliphatic heterocycles. The molecule has 3 atom stereocenters. The van der Waals surface area contributed by atoms with E-state index < -0.39 is 0 Å². The molecule has 0 aliphatic carbocycles. The number of likely N-dealkylation sites (tertiary alicyclic amines) is 1. The van der Waals surface area contributed by atoms with Crippen LogP contribution in [0.4, 0.5) is 0 Å². The van der Waals surface area contributed by atoms with Crippen LogP contribution in [0, 0.1) is 0 Å². The van der Waals surface area contributed by atoms with Crippen molar-refractivity contribution in [2.75, 3.05) is 13.2 Å². The summed E-state index contributed by atoms with van der Waals surface area (Å²) >= 11 is 0. The fourth-order valence-electron chi connectivity index (χ4n) is 2.18. The van der Waals surface area contributed by atoms with E-state index in [1.165, 1.54) is 6.08 Å². The van der Waals surface area contributed by atoms with Crippen LogP contribution in [0.15, 0.2) is 12.7 Å². The molecule has 78 valence electrons. The summed E-state index contributed by atoms with van der Waals surface area (Å²) in [6.07, 6.45) is 3.44. The van der Waals surface area contributed by atoms with E-state index in [0.717, 1.165) is 19.4 Å². The minimum atomic E-state index is -0.0292. The second-order valence-corrected chi connectivity index (χ2v) is 3.96. The van der Waals surface area contributed by atoms with Crippen LogP contribution in [0.2, 0.25) is 0 Å². The predicted octanol–water partition coefficient (Wildman–Crippen LogP) is -0.111. The first-order valence-electron chi connectivity index (χ1n) is 5.02. The molecule has 2 saturated heterocycles. The lowest BCUT2D eigenvalue weighted by Crippen LogP contribution is -2.47. The summed E-state index contributed by atoms with van der Waals surface area (Å²) < 4.78 is 5.40. The highest BCUT2D eigenvalue weighted by Gasteiger charge is 2.40. The Hall–Kier alpha value is -0.870. The van der Waals surface area contributed by atoms with Crippen molar-refractivity contribution in [1.82, 2.24) is 4.90 Å². The molecule has 0 bridgehead atoms. The van der Waals surface area contributed by atoms with Crippen molar-refractivity contribution in [2.24, 2.45) is 5.73 Å². The average molecular weight is 196 g/mol. The molecule has 0 unspecified atom stereocenters. The number of nitrogens with two attached hydrogens (primary N) is 1. The SMILES string of the molecule is C=CC(=O)N1C[C@@H](N)C[C@@H]1[C@H]1CCO1. The molecule has 0 aromatic heterocycles. The van der Waals surface area contributed by atoms with E-state index in [-0.39, 0.29) is 24.1 Å². The van der Waals surface area contributed by atoms with Crippen molar-refractivity contribution in [2.45, 2.75) is 31.0 Å². The predicted molar refractivity (Wildman–Crippen MR) is 52.6 cm³/mol. The summed E-state index contributed by atoms with van der Waals surface area (Å²) in [7, 11) is 0. The molecule has 2 rings (SSSR count). The highest BCUT2D eigenvalue weighted by atomic mass is 16.5. The van der Waals surface area contributed by atoms with E-state index in [2.05, 4.69) is 6.58 Å². The maximum atomic E-state index is 11.5. The number of carbonyl (C=O) groups is 1. The highest BCUT2D eigenvalue weighted by Crippen LogP contribution is 2.27. The van der Waals surface area contributed by atoms with Gasteiger partial charge in [-0.1, -0.05) is 6.58 Å². The van der Waals surface area contributed by atoms with Crippen molar-refractivity contribution in [3.05, 3.63) is 12.7 Å². The minimum absolute atomic E-state index is 0.0292. The number of hydrogen-bond acceptors (Lipinski definition) is 3. The zero-order chi connectivity index (χ0) is 10.1. The number of nitrogens with zero attached hydrogens (tertiary/aromatic N) is 1. The molecule has 2 N–H and O–H groups in total. The zero-order valence-electron chi connectivity index (χ0n) is 8.19. The number of amides is 1. The third kappa shape index (κ3) is 1.55. The largest absolute Gasteiger partial charge is 0.376 e. The molecule has 0 saturated carbocycles. The first kappa shape index (κ1) is 9.68. The van der Waals surface area contributed by atoms with E-state index in [0.29, 0.717) is 6.54 Å². The van der Waals surface area contributed by atoms with Crippen molar-refractivity contribution in [3.8, 4) is 0 Å². The summed E-state index contributed by atoms with van der Waals surface area (Å²) in [6, 6.07) is 0.261. The molecule has 4 heteroatoms. The number of carbonyl (C=O) groups excluding carboxylic acids is 1. The van der Waals surface area contributed by atoms with Gasteiger partial charge in [0.1, 0.15) is 0 Å². The van der Waals surface area contributed by atoms with Crippen molar-refractivity contribution in [1.29, 1.82) is 0 Å². The van der Waals surface area contributed by atoms with Crippen LogP contribution in [-0.2, 0) is 9.53 Å². The van der Waals surface area contributed by atoms with Crippen molar-refractivity contribution >= 4 is 5.91 Å². The third-order valence-corrected chi connectivity index (χ3v) is 3.00. The van der Waals surface area contributed by atoms with E-state index in [9.17, 15) is 4.79 Å². The summed E-state index contributed by atoms with van der Waals surface area (Å²) in [5.41, 5.74) is 5.84. The highest BCUT2D eigenvalue weighted by molar-refractivity contribution is 5.87. The smallest absolute Gasteiger partial charge is 0.246 e. The standard InChI is InChI=1S/C10H16N2O2/c1-2-10(13)12-6-7(11)5-8(12)9-3-4-14-9/h2,7-9H,1,3-6,11H2/t7-,8+,9+/m0/s1. The monoisotopic (exact) mass is 196 g/mol. The Morgan fingerprint density at radius 3 is 2.86 bits per heavy atom. The van der Waals surface area contributed by atoms with E-state index in [1.807, 2.05) is 0 Å². The van der Waals surface area contributed by atoms with Crippen LogP contribution in [0.1, 0.15) is 12.8 Å². The molecule has 2 fully saturated rings. The maximum absolute atomic E-state index is 11.5. The molecule has 0 radical (unpaired) electrons. The number of ether oxygens (including phenoxy) is 1. The molecule has 0 spiro atoms. The van der Waals surface area contributed by atoms with Gasteiger partial charge in [0.25, 0.3) is 0 Å². The Labute approximate surface area is 83.7 Å². The lowest BCUT2D eigenvalue weighted by atomic mass is 10.0. The topological polar surface area (TPSA) is 55.6 Å². The molecular weight excluding hydrogens is 180 g/mol. The first-order valence-corrected chi connectivity index (χ1v) is 5.02. The van der Waals surface area contributed by atoms with Gasteiger partial charge in [-0.25, -0.2) is 0 Å². The van der Waals surface area contributed by atoms with E-state index in [1.54, 1.807) is 4.90 Å². The lowest BCUT2D eigenvalue weighted by molar-refractivity contribution is -0.136. The summed E-state index contributed by atoms with van der Waals surface area (Å²) in [5, 5.41) is 0. The van der Waals surface area contributed by atoms with Gasteiger partial charge in [0.2, 0.25) is 5.91 Å². The minimum Gasteiger partial charge on any atom is -0.376 e. The van der Waals surface area contributed by atoms with Gasteiger partial charge in [-0.05, 0) is 18.9 Å². The average Bonchev–Trinajstić information content (AvgIpc) is 2.43. The molecule has 1 amide bonds. The molecule has 2 heterocycles. The van der Waals surface area contributed by atoms with Crippen LogP contribution >= 0.6 is 0 Å². The normalized spacial score (nSPS) is 36.6. The molecule has 14 heavy (non-hydrogen) atoms. The van der Waals surface area contributed by atoms with Gasteiger partial charge in [-0.3, -0.25) is 4.79 Å². The van der Waals surface area contributed by atoms with Gasteiger partial charge in [0, 0.05) is 19.2 Å². The maximum Gasteiger partial charge on any atom is 0.246 e. The van der Waals surface area contributed by atoms with Crippen LogP contribution in [0.5, 0.6) is 0 Å². The van der Waals surface area contributed by atoms with Gasteiger partial charge in [0.05, 0.1) is 12.1 Å². The van der Waals surface area contributed by atoms with Crippen LogP contribution in [0.3, 0.4) is 0 Å². The summed E-state index contributed by atoms with van der Waals surface area (Å²) in [4.78, 5) is 13.3. The fourth-order valence-corrected chi connectivity index (χ4v) is 2.18. The Bertz CT molecular complexity index is 251. The molecule has 0 aromatic carbocycles. The number of rotatable bonds is 2. The molecular formula is C10H16N2O2. The van der Waals surface area contributed by atoms with Crippen molar-refractivity contribution in [3.63, 3.8) is 0 Å². The van der Waals surface area contributed by atoms with E-state index in [4.69, 9.17) is 10.5 Å². The van der Waals surface area contributed by atoms with Crippen LogP contribution in [0.25, 0.3) is 0 Å². The van der Waals surface area contributed by atoms with Gasteiger partial charge in [-0.2, -0.15) is 0 Å². The zero-order valence-corrected chi connectivity index (χ0v) is 8.19. The first-order chi connectivity index (χ1) is 6.72. The Kier molecular flexibility index (Phi) is 2.56. The van der Waals surface area contributed by atoms with Gasteiger partial charge in [0.15, 0.2) is 0 Å². The lowest BCUT2D eigenvalue weighted by Gasteiger charge is -2.36. The molecule has 0 aromatic rings. The van der Waals surface area contributed by atoms with Crippen molar-refractivity contribution < 1.29 is 9.53 Å². The third-order valence-electron chi connectivity index (χ3n) is 3.00. The Morgan fingerprint density at radius 1 is 1.64 bits per heavy atom. The van der Waals surface area contributed by atoms with E-state index >= 15 is 0 Å². The van der Waals surface area contributed by atoms with Gasteiger partial charge < -0.3 is 15.4 Å². The second kappa shape index (κ2) is 3.71. The van der Waals surface area contributed by atoms with Crippen LogP contribution in [-0.4, -0.2) is 42.1 Å². The summed E-state index contributed by atoms with van der Waals surface area (Å²) in [6.45, 7) is 4.94.